The van der Waals surface area contributed by atoms with Crippen LogP contribution in [-0.2, 0) is 13.6 Å². The van der Waals surface area contributed by atoms with Crippen LogP contribution in [0.3, 0.4) is 0 Å². The molecule has 0 aromatic carbocycles. The summed E-state index contributed by atoms with van der Waals surface area (Å²) >= 11 is 10.1. The van der Waals surface area contributed by atoms with Crippen LogP contribution in [0.5, 0.6) is 0 Å². The minimum absolute atomic E-state index is 0.318. The molecular weight excluding hydrogens is 291 g/mol. The molecule has 0 aliphatic heterocycles. The molecule has 96 valence electrons. The Morgan fingerprint density at radius 3 is 2.38 bits per heavy atom. The topological polar surface area (TPSA) is 35.5 Å². The Morgan fingerprint density at radius 1 is 1.44 bits per heavy atom. The van der Waals surface area contributed by atoms with E-state index in [0.717, 1.165) is 0 Å². The van der Waals surface area contributed by atoms with Crippen LogP contribution in [-0.4, -0.2) is 12.5 Å². The zero-order valence-corrected chi connectivity index (χ0v) is 10.7. The summed E-state index contributed by atoms with van der Waals surface area (Å²) in [5.41, 5.74) is 0. The summed E-state index contributed by atoms with van der Waals surface area (Å²) in [7, 11) is -5.23. The van der Waals surface area contributed by atoms with Crippen LogP contribution in [0.15, 0.2) is 10.8 Å². The number of unbranched alkanes of at least 4 members (excludes halogenated alkanes) is 1. The first-order chi connectivity index (χ1) is 7.23. The molecule has 1 unspecified atom stereocenters. The van der Waals surface area contributed by atoms with Gasteiger partial charge in [-0.05, 0) is 6.42 Å². The van der Waals surface area contributed by atoms with Crippen molar-refractivity contribution in [2.45, 2.75) is 25.7 Å². The molecule has 0 aromatic rings. The molecule has 0 aromatic heterocycles. The molecule has 1 atom stereocenters. The summed E-state index contributed by atoms with van der Waals surface area (Å²) in [6.45, 7) is 1.43. The van der Waals surface area contributed by atoms with E-state index in [9.17, 15) is 17.7 Å². The highest BCUT2D eigenvalue weighted by Crippen LogP contribution is 2.63. The van der Waals surface area contributed by atoms with Crippen LogP contribution in [0.4, 0.5) is 13.2 Å². The van der Waals surface area contributed by atoms with Gasteiger partial charge in [0.15, 0.2) is 0 Å². The molecule has 0 bridgehead atoms. The maximum Gasteiger partial charge on any atom is 0.506 e. The van der Waals surface area contributed by atoms with Gasteiger partial charge >= 0.3 is 13.5 Å². The van der Waals surface area contributed by atoms with Crippen molar-refractivity contribution >= 4 is 30.8 Å². The molecule has 0 rings (SSSR count). The summed E-state index contributed by atoms with van der Waals surface area (Å²) in [6, 6.07) is 0. The lowest BCUT2D eigenvalue weighted by atomic mass is 10.4. The molecule has 0 saturated heterocycles. The number of hydrogen-bond acceptors (Lipinski definition) is 3. The highest BCUT2D eigenvalue weighted by Gasteiger charge is 2.56. The number of hydrogen-bond donors (Lipinski definition) is 0. The van der Waals surface area contributed by atoms with Gasteiger partial charge in [0, 0.05) is 0 Å². The zero-order valence-electron chi connectivity index (χ0n) is 8.26. The molecule has 0 aliphatic rings. The van der Waals surface area contributed by atoms with Crippen molar-refractivity contribution in [3.63, 3.8) is 0 Å². The minimum Gasteiger partial charge on any atom is -0.424 e. The predicted molar refractivity (Wildman–Crippen MR) is 55.4 cm³/mol. The fraction of sp³-hybridized carbons (Fsp3) is 0.714. The van der Waals surface area contributed by atoms with Crippen LogP contribution >= 0.6 is 30.8 Å². The lowest BCUT2D eigenvalue weighted by molar-refractivity contribution is -0.0714. The first kappa shape index (κ1) is 16.1. The molecule has 0 saturated carbocycles. The second kappa shape index (κ2) is 6.74. The van der Waals surface area contributed by atoms with Gasteiger partial charge in [-0.15, -0.1) is 0 Å². The average Bonchev–Trinajstić information content (AvgIpc) is 2.13. The van der Waals surface area contributed by atoms with Gasteiger partial charge in [0.2, 0.25) is 0 Å². The molecular formula is C7H10Cl2F3O3P. The van der Waals surface area contributed by atoms with Gasteiger partial charge in [0.1, 0.15) is 10.8 Å². The van der Waals surface area contributed by atoms with Crippen molar-refractivity contribution in [2.75, 3.05) is 6.61 Å². The first-order valence-electron chi connectivity index (χ1n) is 4.24. The molecule has 0 heterocycles. The second-order valence-electron chi connectivity index (χ2n) is 2.66. The van der Waals surface area contributed by atoms with Crippen molar-refractivity contribution < 1.29 is 26.8 Å². The Kier molecular flexibility index (Phi) is 6.79. The maximum atomic E-state index is 12.4. The van der Waals surface area contributed by atoms with E-state index < -0.39 is 18.0 Å². The third kappa shape index (κ3) is 5.43. The van der Waals surface area contributed by atoms with E-state index in [0.29, 0.717) is 19.1 Å². The van der Waals surface area contributed by atoms with Gasteiger partial charge in [-0.3, -0.25) is 4.52 Å². The first-order valence-corrected chi connectivity index (χ1v) is 6.53. The lowest BCUT2D eigenvalue weighted by Gasteiger charge is -2.19. The Bertz CT molecular complexity index is 289. The van der Waals surface area contributed by atoms with Crippen molar-refractivity contribution in [1.82, 2.24) is 0 Å². The number of rotatable bonds is 6. The fourth-order valence-electron chi connectivity index (χ4n) is 0.602. The zero-order chi connectivity index (χ0) is 12.8. The fourth-order valence-corrected chi connectivity index (χ4v) is 1.76. The van der Waals surface area contributed by atoms with E-state index >= 15 is 0 Å². The van der Waals surface area contributed by atoms with Gasteiger partial charge < -0.3 is 4.52 Å². The molecule has 0 radical (unpaired) electrons. The van der Waals surface area contributed by atoms with Gasteiger partial charge in [0.25, 0.3) is 0 Å². The van der Waals surface area contributed by atoms with Crippen LogP contribution in [0, 0.1) is 0 Å². The summed E-state index contributed by atoms with van der Waals surface area (Å²) in [5.74, 6) is -5.11. The van der Waals surface area contributed by atoms with Crippen molar-refractivity contribution in [3.8, 4) is 0 Å². The summed E-state index contributed by atoms with van der Waals surface area (Å²) in [6.07, 6.45) is 1.27. The van der Waals surface area contributed by atoms with Crippen molar-refractivity contribution in [2.24, 2.45) is 0 Å². The van der Waals surface area contributed by atoms with Crippen molar-refractivity contribution in [1.29, 1.82) is 0 Å². The van der Waals surface area contributed by atoms with E-state index in [1.807, 2.05) is 0 Å². The largest absolute Gasteiger partial charge is 0.506 e. The quantitative estimate of drug-likeness (QED) is 0.401. The Hall–Kier alpha value is 0.1000. The minimum atomic E-state index is -5.23. The smallest absolute Gasteiger partial charge is 0.424 e. The van der Waals surface area contributed by atoms with E-state index in [-0.39, 0.29) is 6.61 Å². The lowest BCUT2D eigenvalue weighted by Crippen LogP contribution is -2.13. The molecule has 16 heavy (non-hydrogen) atoms. The van der Waals surface area contributed by atoms with Crippen LogP contribution in [0.1, 0.15) is 19.8 Å². The maximum absolute atomic E-state index is 12.4. The van der Waals surface area contributed by atoms with Gasteiger partial charge in [-0.25, -0.2) is 4.57 Å². The number of alkyl halides is 3. The van der Waals surface area contributed by atoms with Gasteiger partial charge in [-0.2, -0.15) is 13.2 Å². The van der Waals surface area contributed by atoms with E-state index in [1.54, 1.807) is 6.92 Å². The van der Waals surface area contributed by atoms with E-state index in [1.165, 1.54) is 0 Å². The van der Waals surface area contributed by atoms with Crippen molar-refractivity contribution in [3.05, 3.63) is 10.8 Å². The Balaban J connectivity index is 4.64. The molecule has 0 amide bonds. The standard InChI is InChI=1S/C7H10Cl2F3O3P/c1-2-3-4-14-16(13,7(10,11)12)15-5-6(8)9/h5H,2-4H2,1H3. The van der Waals surface area contributed by atoms with E-state index in [4.69, 9.17) is 23.2 Å². The van der Waals surface area contributed by atoms with Crippen LogP contribution in [0.2, 0.25) is 0 Å². The Morgan fingerprint density at radius 2 is 2.00 bits per heavy atom. The summed E-state index contributed by atoms with van der Waals surface area (Å²) in [4.78, 5) is 0. The number of halogens is 5. The third-order valence-corrected chi connectivity index (χ3v) is 3.05. The highest BCUT2D eigenvalue weighted by atomic mass is 35.5. The van der Waals surface area contributed by atoms with Crippen LogP contribution in [0.25, 0.3) is 0 Å². The summed E-state index contributed by atoms with van der Waals surface area (Å²) in [5, 5.41) is 0. The normalized spacial score (nSPS) is 15.4. The molecule has 0 spiro atoms. The van der Waals surface area contributed by atoms with Gasteiger partial charge in [-0.1, -0.05) is 36.5 Å². The molecule has 9 heteroatoms. The molecule has 0 N–H and O–H groups in total. The molecule has 0 fully saturated rings. The summed E-state index contributed by atoms with van der Waals surface area (Å²) < 4.78 is 56.0. The average molecular weight is 301 g/mol. The van der Waals surface area contributed by atoms with Crippen LogP contribution < -0.4 is 0 Å². The Labute approximate surface area is 101 Å². The monoisotopic (exact) mass is 300 g/mol. The van der Waals surface area contributed by atoms with E-state index in [2.05, 4.69) is 9.05 Å². The molecule has 3 nitrogen and oxygen atoms in total. The third-order valence-electron chi connectivity index (χ3n) is 1.35. The second-order valence-corrected chi connectivity index (χ2v) is 5.64. The van der Waals surface area contributed by atoms with Gasteiger partial charge in [0.05, 0.1) is 6.61 Å². The highest BCUT2D eigenvalue weighted by molar-refractivity contribution is 7.55. The SMILES string of the molecule is CCCCOP(=O)(OC=C(Cl)Cl)C(F)(F)F. The predicted octanol–water partition coefficient (Wildman–Crippen LogP) is 4.81. The molecule has 0 aliphatic carbocycles.